The summed E-state index contributed by atoms with van der Waals surface area (Å²) in [6, 6.07) is 14.2. The van der Waals surface area contributed by atoms with E-state index in [1.54, 1.807) is 6.07 Å². The molecule has 0 fully saturated rings. The van der Waals surface area contributed by atoms with Crippen LogP contribution in [0.4, 0.5) is 4.39 Å². The Morgan fingerprint density at radius 3 is 2.44 bits per heavy atom. The molecule has 0 aromatic heterocycles. The number of rotatable bonds is 5. The maximum atomic E-state index is 13.8. The second kappa shape index (κ2) is 6.93. The van der Waals surface area contributed by atoms with E-state index in [4.69, 9.17) is 4.74 Å². The molecule has 3 aromatic rings. The number of fused-ring (bicyclic) bond motifs is 1. The molecule has 0 atom stereocenters. The van der Waals surface area contributed by atoms with Crippen molar-refractivity contribution in [3.8, 4) is 5.75 Å². The number of carboxylic acids is 1. The number of aliphatic carboxylic acids is 1. The third kappa shape index (κ3) is 3.48. The molecule has 25 heavy (non-hydrogen) atoms. The first-order valence-corrected chi connectivity index (χ1v) is 8.07. The number of ether oxygens (including phenoxy) is 1. The zero-order valence-electron chi connectivity index (χ0n) is 14.2. The topological polar surface area (TPSA) is 46.5 Å². The summed E-state index contributed by atoms with van der Waals surface area (Å²) in [6.45, 7) is 4.03. The molecule has 0 unspecified atom stereocenters. The van der Waals surface area contributed by atoms with Gasteiger partial charge in [-0.1, -0.05) is 36.4 Å². The van der Waals surface area contributed by atoms with E-state index in [1.165, 1.54) is 12.1 Å². The second-order valence-corrected chi connectivity index (χ2v) is 6.09. The first-order chi connectivity index (χ1) is 12.0. The highest BCUT2D eigenvalue weighted by Gasteiger charge is 2.18. The van der Waals surface area contributed by atoms with Crippen molar-refractivity contribution in [1.82, 2.24) is 0 Å². The summed E-state index contributed by atoms with van der Waals surface area (Å²) in [4.78, 5) is 11.3. The summed E-state index contributed by atoms with van der Waals surface area (Å²) in [5.74, 6) is -0.705. The normalized spacial score (nSPS) is 10.8. The van der Waals surface area contributed by atoms with Gasteiger partial charge in [-0.2, -0.15) is 0 Å². The minimum Gasteiger partial charge on any atom is -0.488 e. The van der Waals surface area contributed by atoms with E-state index >= 15 is 0 Å². The first kappa shape index (κ1) is 17.0. The molecule has 0 aliphatic carbocycles. The van der Waals surface area contributed by atoms with Crippen LogP contribution < -0.4 is 4.74 Å². The van der Waals surface area contributed by atoms with Crippen molar-refractivity contribution < 1.29 is 19.0 Å². The predicted octanol–water partition coefficient (Wildman–Crippen LogP) is 4.80. The van der Waals surface area contributed by atoms with Gasteiger partial charge < -0.3 is 9.84 Å². The molecule has 3 nitrogen and oxygen atoms in total. The molecule has 0 aliphatic rings. The maximum Gasteiger partial charge on any atom is 0.307 e. The van der Waals surface area contributed by atoms with Gasteiger partial charge in [0.15, 0.2) is 0 Å². The van der Waals surface area contributed by atoms with E-state index in [1.807, 2.05) is 44.2 Å². The van der Waals surface area contributed by atoms with Gasteiger partial charge in [-0.3, -0.25) is 4.79 Å². The molecule has 0 radical (unpaired) electrons. The number of hydrogen-bond acceptors (Lipinski definition) is 2. The number of carbonyl (C=O) groups is 1. The molecule has 0 amide bonds. The lowest BCUT2D eigenvalue weighted by atomic mass is 9.92. The van der Waals surface area contributed by atoms with Gasteiger partial charge in [-0.15, -0.1) is 0 Å². The Morgan fingerprint density at radius 2 is 1.76 bits per heavy atom. The molecule has 0 saturated carbocycles. The van der Waals surface area contributed by atoms with Gasteiger partial charge in [0.2, 0.25) is 0 Å². The molecule has 1 N–H and O–H groups in total. The Labute approximate surface area is 145 Å². The van der Waals surface area contributed by atoms with Gasteiger partial charge in [-0.05, 0) is 53.6 Å². The number of halogens is 1. The van der Waals surface area contributed by atoms with Gasteiger partial charge in [0.25, 0.3) is 0 Å². The molecule has 0 bridgehead atoms. The zero-order valence-corrected chi connectivity index (χ0v) is 14.2. The van der Waals surface area contributed by atoms with Crippen LogP contribution >= 0.6 is 0 Å². The number of aryl methyl sites for hydroxylation is 1. The van der Waals surface area contributed by atoms with Crippen LogP contribution in [-0.4, -0.2) is 11.1 Å². The van der Waals surface area contributed by atoms with E-state index in [-0.39, 0.29) is 12.2 Å². The summed E-state index contributed by atoms with van der Waals surface area (Å²) in [7, 11) is 0. The van der Waals surface area contributed by atoms with E-state index in [9.17, 15) is 14.3 Å². The van der Waals surface area contributed by atoms with Crippen molar-refractivity contribution >= 4 is 16.7 Å². The fourth-order valence-electron chi connectivity index (χ4n) is 3.15. The fourth-order valence-corrected chi connectivity index (χ4v) is 3.15. The van der Waals surface area contributed by atoms with Crippen LogP contribution in [0.2, 0.25) is 0 Å². The summed E-state index contributed by atoms with van der Waals surface area (Å²) >= 11 is 0. The van der Waals surface area contributed by atoms with Crippen molar-refractivity contribution in [2.75, 3.05) is 0 Å². The minimum absolute atomic E-state index is 0.0906. The molecular weight excluding hydrogens is 319 g/mol. The third-order valence-corrected chi connectivity index (χ3v) is 4.43. The summed E-state index contributed by atoms with van der Waals surface area (Å²) in [5.41, 5.74) is 3.30. The lowest BCUT2D eigenvalue weighted by Crippen LogP contribution is -2.07. The van der Waals surface area contributed by atoms with Crippen molar-refractivity contribution in [1.29, 1.82) is 0 Å². The molecule has 0 spiro atoms. The van der Waals surface area contributed by atoms with Crippen molar-refractivity contribution in [2.45, 2.75) is 26.9 Å². The van der Waals surface area contributed by atoms with Crippen molar-refractivity contribution in [3.63, 3.8) is 0 Å². The average Bonchev–Trinajstić information content (AvgIpc) is 2.59. The molecular formula is C21H19FO3. The number of carboxylic acid groups (broad SMARTS) is 1. The number of hydrogen-bond donors (Lipinski definition) is 1. The molecule has 0 saturated heterocycles. The first-order valence-electron chi connectivity index (χ1n) is 8.07. The Morgan fingerprint density at radius 1 is 1.04 bits per heavy atom. The van der Waals surface area contributed by atoms with Crippen molar-refractivity contribution in [3.05, 3.63) is 76.6 Å². The lowest BCUT2D eigenvalue weighted by Gasteiger charge is -2.18. The monoisotopic (exact) mass is 338 g/mol. The van der Waals surface area contributed by atoms with Crippen LogP contribution in [0.5, 0.6) is 5.75 Å². The van der Waals surface area contributed by atoms with E-state index in [0.29, 0.717) is 17.7 Å². The largest absolute Gasteiger partial charge is 0.488 e. The lowest BCUT2D eigenvalue weighted by molar-refractivity contribution is -0.136. The van der Waals surface area contributed by atoms with Crippen LogP contribution in [-0.2, 0) is 17.8 Å². The van der Waals surface area contributed by atoms with Gasteiger partial charge in [0, 0.05) is 5.39 Å². The van der Waals surface area contributed by atoms with Crippen LogP contribution in [0.3, 0.4) is 0 Å². The van der Waals surface area contributed by atoms with Gasteiger partial charge >= 0.3 is 5.97 Å². The Kier molecular flexibility index (Phi) is 4.70. The Hall–Kier alpha value is -2.88. The van der Waals surface area contributed by atoms with Crippen molar-refractivity contribution in [2.24, 2.45) is 0 Å². The summed E-state index contributed by atoms with van der Waals surface area (Å²) in [6.07, 6.45) is -0.0906. The van der Waals surface area contributed by atoms with E-state index < -0.39 is 5.97 Å². The quantitative estimate of drug-likeness (QED) is 0.727. The SMILES string of the molecule is Cc1c(CC(=O)O)c(C)c2ccc(F)cc2c1OCc1ccccc1. The molecule has 0 aliphatic heterocycles. The maximum absolute atomic E-state index is 13.8. The van der Waals surface area contributed by atoms with Gasteiger partial charge in [0.1, 0.15) is 18.2 Å². The number of benzene rings is 3. The highest BCUT2D eigenvalue weighted by molar-refractivity contribution is 5.94. The summed E-state index contributed by atoms with van der Waals surface area (Å²) in [5, 5.41) is 10.7. The summed E-state index contributed by atoms with van der Waals surface area (Å²) < 4.78 is 19.8. The minimum atomic E-state index is -0.901. The van der Waals surface area contributed by atoms with E-state index in [2.05, 4.69) is 0 Å². The highest BCUT2D eigenvalue weighted by atomic mass is 19.1. The molecule has 3 rings (SSSR count). The highest BCUT2D eigenvalue weighted by Crippen LogP contribution is 2.37. The van der Waals surface area contributed by atoms with Crippen LogP contribution in [0.25, 0.3) is 10.8 Å². The van der Waals surface area contributed by atoms with Crippen LogP contribution in [0.1, 0.15) is 22.3 Å². The van der Waals surface area contributed by atoms with E-state index in [0.717, 1.165) is 27.6 Å². The predicted molar refractivity (Wildman–Crippen MR) is 95.5 cm³/mol. The second-order valence-electron chi connectivity index (χ2n) is 6.09. The van der Waals surface area contributed by atoms with Gasteiger partial charge in [-0.25, -0.2) is 4.39 Å². The Balaban J connectivity index is 2.13. The average molecular weight is 338 g/mol. The molecule has 128 valence electrons. The zero-order chi connectivity index (χ0) is 18.0. The molecule has 0 heterocycles. The van der Waals surface area contributed by atoms with Crippen LogP contribution in [0, 0.1) is 19.7 Å². The van der Waals surface area contributed by atoms with Gasteiger partial charge in [0.05, 0.1) is 6.42 Å². The standard InChI is InChI=1S/C21H19FO3/c1-13-17-9-8-16(22)10-19(17)21(14(2)18(13)11-20(23)24)25-12-15-6-4-3-5-7-15/h3-10H,11-12H2,1-2H3,(H,23,24). The fraction of sp³-hybridized carbons (Fsp3) is 0.190. The molecule has 4 heteroatoms. The smallest absolute Gasteiger partial charge is 0.307 e. The Bertz CT molecular complexity index is 933. The molecule has 3 aromatic carbocycles. The third-order valence-electron chi connectivity index (χ3n) is 4.43. The van der Waals surface area contributed by atoms with Crippen LogP contribution in [0.15, 0.2) is 48.5 Å².